The molecule has 2 aromatic carbocycles. The summed E-state index contributed by atoms with van der Waals surface area (Å²) in [4.78, 5) is 0. The fraction of sp³-hybridized carbons (Fsp3) is 0.818. The van der Waals surface area contributed by atoms with Gasteiger partial charge in [0, 0.05) is 51.7 Å². The Bertz CT molecular complexity index is 2340. The number of rotatable bonds is 48. The van der Waals surface area contributed by atoms with E-state index >= 15 is 0 Å². The largest absolute Gasteiger partial charge is 0.494 e. The van der Waals surface area contributed by atoms with Gasteiger partial charge in [-0.25, -0.2) is 0 Å². The number of hydrogen-bond acceptors (Lipinski definition) is 21. The third-order valence-corrected chi connectivity index (χ3v) is 56.5. The highest BCUT2D eigenvalue weighted by Crippen LogP contribution is 2.42. The Morgan fingerprint density at radius 1 is 0.305 bits per heavy atom. The molecule has 540 valence electrons. The van der Waals surface area contributed by atoms with E-state index in [4.69, 9.17) is 94.5 Å². The van der Waals surface area contributed by atoms with Crippen molar-refractivity contribution in [1.29, 1.82) is 0 Å². The van der Waals surface area contributed by atoms with Gasteiger partial charge in [0.05, 0.1) is 79.3 Å². The zero-order chi connectivity index (χ0) is 66.9. The highest BCUT2D eigenvalue weighted by Gasteiger charge is 2.58. The summed E-state index contributed by atoms with van der Waals surface area (Å²) >= 11 is 0. The summed E-state index contributed by atoms with van der Waals surface area (Å²) in [7, 11) is -22.8. The minimum atomic E-state index is -2.91. The van der Waals surface area contributed by atoms with Crippen LogP contribution in [0.15, 0.2) is 48.5 Å². The second-order valence-corrected chi connectivity index (χ2v) is 58.4. The highest BCUT2D eigenvalue weighted by atomic mass is 28.5. The van der Waals surface area contributed by atoms with E-state index in [0.717, 1.165) is 157 Å². The first-order valence-electron chi connectivity index (χ1n) is 36.1. The molecule has 10 rings (SSSR count). The van der Waals surface area contributed by atoms with Gasteiger partial charge in [-0.2, -0.15) is 0 Å². The lowest BCUT2D eigenvalue weighted by Crippen LogP contribution is -2.67. The molecule has 9 unspecified atom stereocenters. The molecule has 21 nitrogen and oxygen atoms in total. The van der Waals surface area contributed by atoms with Crippen molar-refractivity contribution in [2.75, 3.05) is 126 Å². The van der Waals surface area contributed by atoms with Gasteiger partial charge in [0.1, 0.15) is 42.0 Å². The fourth-order valence-corrected chi connectivity index (χ4v) is 59.7. The molecule has 2 aromatic rings. The number of benzene rings is 2. The van der Waals surface area contributed by atoms with E-state index < -0.39 is 68.5 Å². The molecule has 0 N–H and O–H groups in total. The average molecular weight is 1470 g/mol. The molecule has 7 heterocycles. The molecule has 0 bridgehead atoms. The molecule has 7 saturated heterocycles. The Morgan fingerprint density at radius 2 is 0.505 bits per heavy atom. The minimum Gasteiger partial charge on any atom is -0.494 e. The van der Waals surface area contributed by atoms with Crippen molar-refractivity contribution in [1.82, 2.24) is 0 Å². The summed E-state index contributed by atoms with van der Waals surface area (Å²) in [6, 6.07) is 23.4. The van der Waals surface area contributed by atoms with Gasteiger partial charge in [0.15, 0.2) is 0 Å². The molecule has 29 heteroatoms. The summed E-state index contributed by atoms with van der Waals surface area (Å²) in [6.45, 7) is 35.2. The van der Waals surface area contributed by atoms with Crippen LogP contribution in [0.2, 0.25) is 101 Å². The number of ether oxygens (including phenoxy) is 13. The third-order valence-electron chi connectivity index (χ3n) is 18.8. The van der Waals surface area contributed by atoms with E-state index in [0.29, 0.717) is 85.9 Å². The molecule has 0 amide bonds. The number of hydrogen-bond donors (Lipinski definition) is 0. The van der Waals surface area contributed by atoms with Gasteiger partial charge in [-0.15, -0.1) is 0 Å². The van der Waals surface area contributed by atoms with Gasteiger partial charge in [-0.3, -0.25) is 0 Å². The van der Waals surface area contributed by atoms with Crippen LogP contribution < -0.4 is 9.47 Å². The van der Waals surface area contributed by atoms with Crippen LogP contribution in [-0.2, 0) is 90.4 Å². The molecule has 0 radical (unpaired) electrons. The Labute approximate surface area is 577 Å². The minimum absolute atomic E-state index is 0.224. The molecular formula is C66H118O21Si8. The van der Waals surface area contributed by atoms with Gasteiger partial charge in [-0.05, 0) is 206 Å². The summed E-state index contributed by atoms with van der Waals surface area (Å²) in [5.74, 6) is 2.39. The lowest BCUT2D eigenvalue weighted by Gasteiger charge is -2.50. The summed E-state index contributed by atoms with van der Waals surface area (Å²) in [5, 5.41) is 0. The van der Waals surface area contributed by atoms with Gasteiger partial charge < -0.3 is 94.5 Å². The smallest absolute Gasteiger partial charge is 0.317 e. The van der Waals surface area contributed by atoms with Crippen LogP contribution in [0.4, 0.5) is 0 Å². The first-order valence-corrected chi connectivity index (χ1v) is 56.3. The molecule has 9 atom stereocenters. The van der Waals surface area contributed by atoms with E-state index in [9.17, 15) is 0 Å². The highest BCUT2D eigenvalue weighted by molar-refractivity contribution is 6.95. The number of epoxide rings is 5. The quantitative estimate of drug-likeness (QED) is 0.0342. The second-order valence-electron chi connectivity index (χ2n) is 29.8. The Kier molecular flexibility index (Phi) is 28.6. The van der Waals surface area contributed by atoms with Crippen LogP contribution in [0.5, 0.6) is 11.5 Å². The van der Waals surface area contributed by atoms with E-state index in [2.05, 4.69) is 115 Å². The van der Waals surface area contributed by atoms with E-state index in [1.165, 1.54) is 24.0 Å². The van der Waals surface area contributed by atoms with Crippen LogP contribution in [0.3, 0.4) is 0 Å². The molecule has 1 saturated carbocycles. The monoisotopic (exact) mass is 1470 g/mol. The molecule has 8 fully saturated rings. The molecule has 8 aliphatic rings. The Hall–Kier alpha value is -0.985. The van der Waals surface area contributed by atoms with E-state index in [1.54, 1.807) is 0 Å². The van der Waals surface area contributed by atoms with Crippen LogP contribution in [-0.4, -0.2) is 225 Å². The van der Waals surface area contributed by atoms with Gasteiger partial charge in [0.2, 0.25) is 0 Å². The SMILES string of the molecule is CC(C)(c1ccc(OCCC[Si]2(C)O[Si](C)(CCCOCC3CO3)O[Si](C)(CCCOCC3CC3)O[Si](C)(CCCOCC3CO3)O2)cc1)c1ccc(OCCC[Si]2(C)O[Si](C)(CCCOCC3CO3)O[Si](C)(CCCOCC3CO3)O[Si](C)(CCCOCC3CO3)O2)cc1. The van der Waals surface area contributed by atoms with Crippen LogP contribution in [0, 0.1) is 5.92 Å². The lowest BCUT2D eigenvalue weighted by atomic mass is 9.78. The van der Waals surface area contributed by atoms with Gasteiger partial charge in [0.25, 0.3) is 0 Å². The predicted octanol–water partition coefficient (Wildman–Crippen LogP) is 12.1. The summed E-state index contributed by atoms with van der Waals surface area (Å²) < 4.78 is 136. The standard InChI is InChI=1S/C66H118O21Si8/c1-66(2,57-21-25-59(26-22-57)73-35-17-43-94(9)84-90(5,39-13-31-69-47-62-52-76-62)80-88(3,37-11-29-67-45-56-19-20-56)81-91(6,85-94)40-14-32-70-48-63-53-77-63)58-23-27-60(28-24-58)74-36-18-44-95(10)86-92(7,41-15-33-71-49-64-54-78-64)82-89(4,38-12-30-68-46-61-51-75-61)83-93(8,87-95)42-16-34-72-50-65-55-79-65/h21-28,56,61-65H,11-20,29-55H2,1-10H3. The van der Waals surface area contributed by atoms with Crippen molar-refractivity contribution in [2.24, 2.45) is 5.92 Å². The maximum atomic E-state index is 7.49. The van der Waals surface area contributed by atoms with Crippen molar-refractivity contribution in [3.8, 4) is 11.5 Å². The van der Waals surface area contributed by atoms with Crippen LogP contribution in [0.25, 0.3) is 0 Å². The Balaban J connectivity index is 0.723. The molecule has 7 aliphatic heterocycles. The zero-order valence-electron chi connectivity index (χ0n) is 59.3. The molecule has 95 heavy (non-hydrogen) atoms. The van der Waals surface area contributed by atoms with E-state index in [1.807, 2.05) is 0 Å². The van der Waals surface area contributed by atoms with Crippen molar-refractivity contribution in [2.45, 2.75) is 215 Å². The van der Waals surface area contributed by atoms with Crippen molar-refractivity contribution >= 4 is 68.5 Å². The first kappa shape index (κ1) is 76.6. The third kappa shape index (κ3) is 27.6. The van der Waals surface area contributed by atoms with Gasteiger partial charge in [-0.1, -0.05) is 38.1 Å². The van der Waals surface area contributed by atoms with Crippen molar-refractivity contribution in [3.05, 3.63) is 59.7 Å². The Morgan fingerprint density at radius 3 is 0.705 bits per heavy atom. The summed E-state index contributed by atoms with van der Waals surface area (Å²) in [5.41, 5.74) is 2.10. The normalized spacial score (nSPS) is 34.4. The zero-order valence-corrected chi connectivity index (χ0v) is 67.3. The van der Waals surface area contributed by atoms with Gasteiger partial charge >= 0.3 is 68.5 Å². The van der Waals surface area contributed by atoms with E-state index in [-0.39, 0.29) is 35.9 Å². The van der Waals surface area contributed by atoms with Crippen molar-refractivity contribution in [3.63, 3.8) is 0 Å². The summed E-state index contributed by atoms with van der Waals surface area (Å²) in [6.07, 6.45) is 10.3. The lowest BCUT2D eigenvalue weighted by molar-refractivity contribution is 0.112. The topological polar surface area (TPSA) is 210 Å². The fourth-order valence-electron chi connectivity index (χ4n) is 13.3. The average Bonchev–Trinajstić information content (AvgIpc) is 1.76. The predicted molar refractivity (Wildman–Crippen MR) is 379 cm³/mol. The molecular weight excluding hydrogens is 1350 g/mol. The van der Waals surface area contributed by atoms with Crippen molar-refractivity contribution < 1.29 is 94.5 Å². The van der Waals surface area contributed by atoms with Crippen LogP contribution >= 0.6 is 0 Å². The maximum absolute atomic E-state index is 7.49. The molecule has 0 aromatic heterocycles. The molecule has 0 spiro atoms. The van der Waals surface area contributed by atoms with Crippen LogP contribution in [0.1, 0.15) is 89.2 Å². The maximum Gasteiger partial charge on any atom is 0.317 e. The molecule has 1 aliphatic carbocycles. The first-order chi connectivity index (χ1) is 45.5. The second kappa shape index (κ2) is 35.5.